The number of thiophene rings is 1. The molecule has 0 bridgehead atoms. The number of pyridine rings is 1. The van der Waals surface area contributed by atoms with Crippen LogP contribution in [-0.4, -0.2) is 71.4 Å². The fourth-order valence-electron chi connectivity index (χ4n) is 4.49. The zero-order valence-corrected chi connectivity index (χ0v) is 20.0. The van der Waals surface area contributed by atoms with Crippen molar-refractivity contribution in [1.29, 1.82) is 0 Å². The minimum Gasteiger partial charge on any atom is -0.340 e. The average Bonchev–Trinajstić information content (AvgIpc) is 3.52. The van der Waals surface area contributed by atoms with E-state index in [4.69, 9.17) is 0 Å². The van der Waals surface area contributed by atoms with Crippen LogP contribution in [0.1, 0.15) is 37.0 Å². The van der Waals surface area contributed by atoms with E-state index in [2.05, 4.69) is 10.3 Å². The third-order valence-corrected chi connectivity index (χ3v) is 8.44. The van der Waals surface area contributed by atoms with Gasteiger partial charge in [-0.1, -0.05) is 19.9 Å². The van der Waals surface area contributed by atoms with Gasteiger partial charge in [0.05, 0.1) is 18.2 Å². The predicted molar refractivity (Wildman–Crippen MR) is 122 cm³/mol. The summed E-state index contributed by atoms with van der Waals surface area (Å²) in [5.74, 6) is -0.897. The molecule has 2 aromatic rings. The molecule has 0 aliphatic carbocycles. The highest BCUT2D eigenvalue weighted by Crippen LogP contribution is 2.34. The van der Waals surface area contributed by atoms with Crippen molar-refractivity contribution in [3.05, 3.63) is 46.8 Å². The van der Waals surface area contributed by atoms with Crippen molar-refractivity contribution in [2.24, 2.45) is 5.92 Å². The second-order valence-electron chi connectivity index (χ2n) is 8.68. The number of Topliss-reactive ketones (excluding diaryl/α,β-unsaturated/α-hetero) is 1. The Kier molecular flexibility index (Phi) is 6.64. The average molecular weight is 491 g/mol. The SMILES string of the molecule is CC(C)CC(NC(=O)c1ccsc1)C(=O)N1CCC2C1C(=O)CN2S(=O)(=O)c1ccccn1. The monoisotopic (exact) mass is 490 g/mol. The van der Waals surface area contributed by atoms with Crippen molar-refractivity contribution in [3.63, 3.8) is 0 Å². The number of fused-ring (bicyclic) bond motifs is 1. The number of amides is 2. The second kappa shape index (κ2) is 9.32. The molecule has 0 saturated carbocycles. The summed E-state index contributed by atoms with van der Waals surface area (Å²) < 4.78 is 27.4. The molecule has 9 nitrogen and oxygen atoms in total. The van der Waals surface area contributed by atoms with Crippen LogP contribution >= 0.6 is 11.3 Å². The molecule has 3 atom stereocenters. The molecule has 0 spiro atoms. The van der Waals surface area contributed by atoms with Crippen LogP contribution in [0.4, 0.5) is 0 Å². The topological polar surface area (TPSA) is 117 Å². The van der Waals surface area contributed by atoms with Crippen LogP contribution < -0.4 is 5.32 Å². The zero-order valence-electron chi connectivity index (χ0n) is 18.4. The second-order valence-corrected chi connectivity index (χ2v) is 11.3. The summed E-state index contributed by atoms with van der Waals surface area (Å²) in [5, 5.41) is 6.18. The predicted octanol–water partition coefficient (Wildman–Crippen LogP) is 1.53. The molecule has 2 amide bonds. The number of ketones is 1. The summed E-state index contributed by atoms with van der Waals surface area (Å²) >= 11 is 1.39. The lowest BCUT2D eigenvalue weighted by Gasteiger charge is -2.29. The maximum Gasteiger partial charge on any atom is 0.261 e. The van der Waals surface area contributed by atoms with Gasteiger partial charge in [0.25, 0.3) is 15.9 Å². The Balaban J connectivity index is 1.55. The lowest BCUT2D eigenvalue weighted by Crippen LogP contribution is -2.52. The highest BCUT2D eigenvalue weighted by molar-refractivity contribution is 7.89. The van der Waals surface area contributed by atoms with E-state index in [1.807, 2.05) is 13.8 Å². The number of rotatable bonds is 7. The van der Waals surface area contributed by atoms with Gasteiger partial charge in [-0.3, -0.25) is 14.4 Å². The van der Waals surface area contributed by atoms with Crippen molar-refractivity contribution in [2.75, 3.05) is 13.1 Å². The molecule has 2 aliphatic heterocycles. The Hall–Kier alpha value is -2.63. The third-order valence-electron chi connectivity index (χ3n) is 5.97. The Morgan fingerprint density at radius 3 is 2.70 bits per heavy atom. The summed E-state index contributed by atoms with van der Waals surface area (Å²) in [7, 11) is -3.97. The summed E-state index contributed by atoms with van der Waals surface area (Å²) in [5.41, 5.74) is 0.477. The van der Waals surface area contributed by atoms with Crippen LogP contribution in [0.3, 0.4) is 0 Å². The summed E-state index contributed by atoms with van der Waals surface area (Å²) in [6.07, 6.45) is 2.15. The van der Waals surface area contributed by atoms with Gasteiger partial charge in [-0.25, -0.2) is 13.4 Å². The number of hydrogen-bond donors (Lipinski definition) is 1. The highest BCUT2D eigenvalue weighted by atomic mass is 32.2. The summed E-state index contributed by atoms with van der Waals surface area (Å²) in [6, 6.07) is 3.97. The molecule has 33 heavy (non-hydrogen) atoms. The number of carbonyl (C=O) groups is 3. The molecule has 176 valence electrons. The first-order valence-corrected chi connectivity index (χ1v) is 13.2. The Labute approximate surface area is 196 Å². The number of hydrogen-bond acceptors (Lipinski definition) is 7. The van der Waals surface area contributed by atoms with Crippen LogP contribution in [0, 0.1) is 5.92 Å². The molecule has 1 N–H and O–H groups in total. The molecule has 4 rings (SSSR count). The van der Waals surface area contributed by atoms with E-state index in [0.717, 1.165) is 4.31 Å². The van der Waals surface area contributed by atoms with Crippen LogP contribution in [0.15, 0.2) is 46.2 Å². The summed E-state index contributed by atoms with van der Waals surface area (Å²) in [4.78, 5) is 44.4. The zero-order chi connectivity index (χ0) is 23.8. The minimum absolute atomic E-state index is 0.121. The fraction of sp³-hybridized carbons (Fsp3) is 0.455. The Bertz CT molecular complexity index is 1130. The molecule has 3 unspecified atom stereocenters. The molecule has 2 saturated heterocycles. The quantitative estimate of drug-likeness (QED) is 0.629. The molecule has 0 radical (unpaired) electrons. The minimum atomic E-state index is -3.97. The third kappa shape index (κ3) is 4.57. The van der Waals surface area contributed by atoms with E-state index in [-0.39, 0.29) is 41.6 Å². The highest BCUT2D eigenvalue weighted by Gasteiger charge is 2.54. The lowest BCUT2D eigenvalue weighted by atomic mass is 10.0. The standard InChI is InChI=1S/C22H26N4O5S2/c1-14(2)11-16(24-21(28)15-7-10-32-13-15)22(29)25-9-6-17-20(25)18(27)12-26(17)33(30,31)19-5-3-4-8-23-19/h3-5,7-8,10,13-14,16-17,20H,6,9,11-12H2,1-2H3,(H,24,28). The molecule has 0 aromatic carbocycles. The number of aromatic nitrogens is 1. The molecule has 2 fully saturated rings. The Morgan fingerprint density at radius 2 is 2.06 bits per heavy atom. The van der Waals surface area contributed by atoms with Gasteiger partial charge in [-0.2, -0.15) is 15.6 Å². The van der Waals surface area contributed by atoms with Gasteiger partial charge in [-0.15, -0.1) is 0 Å². The Morgan fingerprint density at radius 1 is 1.27 bits per heavy atom. The van der Waals surface area contributed by atoms with Gasteiger partial charge >= 0.3 is 0 Å². The van der Waals surface area contributed by atoms with E-state index >= 15 is 0 Å². The lowest BCUT2D eigenvalue weighted by molar-refractivity contribution is -0.138. The molecule has 11 heteroatoms. The van der Waals surface area contributed by atoms with Crippen LogP contribution in [0.5, 0.6) is 0 Å². The van der Waals surface area contributed by atoms with E-state index in [9.17, 15) is 22.8 Å². The van der Waals surface area contributed by atoms with Crippen molar-refractivity contribution < 1.29 is 22.8 Å². The number of likely N-dealkylation sites (tertiary alicyclic amines) is 1. The van der Waals surface area contributed by atoms with E-state index in [0.29, 0.717) is 18.4 Å². The van der Waals surface area contributed by atoms with E-state index in [1.54, 1.807) is 29.0 Å². The van der Waals surface area contributed by atoms with Crippen LogP contribution in [0.2, 0.25) is 0 Å². The normalized spacial score (nSPS) is 21.9. The van der Waals surface area contributed by atoms with Crippen LogP contribution in [0.25, 0.3) is 0 Å². The molecular formula is C22H26N4O5S2. The van der Waals surface area contributed by atoms with Crippen LogP contribution in [-0.2, 0) is 19.6 Å². The first kappa shape index (κ1) is 23.5. The van der Waals surface area contributed by atoms with Crippen molar-refractivity contribution in [2.45, 2.75) is 49.8 Å². The smallest absolute Gasteiger partial charge is 0.261 e. The number of carbonyl (C=O) groups excluding carboxylic acids is 3. The van der Waals surface area contributed by atoms with Gasteiger partial charge < -0.3 is 10.2 Å². The van der Waals surface area contributed by atoms with E-state index in [1.165, 1.54) is 28.5 Å². The maximum atomic E-state index is 13.5. The van der Waals surface area contributed by atoms with E-state index < -0.39 is 28.1 Å². The molecular weight excluding hydrogens is 464 g/mol. The maximum absolute atomic E-state index is 13.5. The first-order valence-electron chi connectivity index (χ1n) is 10.8. The number of sulfonamides is 1. The van der Waals surface area contributed by atoms with Gasteiger partial charge in [0.15, 0.2) is 10.8 Å². The fourth-order valence-corrected chi connectivity index (χ4v) is 6.68. The molecule has 4 heterocycles. The van der Waals surface area contributed by atoms with Gasteiger partial charge in [-0.05, 0) is 42.3 Å². The van der Waals surface area contributed by atoms with Gasteiger partial charge in [0, 0.05) is 18.1 Å². The number of nitrogens with one attached hydrogen (secondary N) is 1. The van der Waals surface area contributed by atoms with Crippen molar-refractivity contribution in [3.8, 4) is 0 Å². The van der Waals surface area contributed by atoms with Crippen molar-refractivity contribution in [1.82, 2.24) is 19.5 Å². The molecule has 2 aromatic heterocycles. The molecule has 2 aliphatic rings. The first-order chi connectivity index (χ1) is 15.7. The number of nitrogens with zero attached hydrogens (tertiary/aromatic N) is 3. The van der Waals surface area contributed by atoms with Crippen molar-refractivity contribution >= 4 is 39.0 Å². The largest absolute Gasteiger partial charge is 0.340 e. The summed E-state index contributed by atoms with van der Waals surface area (Å²) in [6.45, 7) is 3.85. The van der Waals surface area contributed by atoms with Gasteiger partial charge in [0.2, 0.25) is 5.91 Å². The van der Waals surface area contributed by atoms with Gasteiger partial charge in [0.1, 0.15) is 12.1 Å².